The molecule has 0 aliphatic heterocycles. The number of hydrogen-bond acceptors (Lipinski definition) is 1. The molecule has 0 radical (unpaired) electrons. The normalized spacial score (nSPS) is 14.2. The zero-order valence-electron chi connectivity index (χ0n) is 18.5. The zero-order chi connectivity index (χ0) is 21.8. The van der Waals surface area contributed by atoms with E-state index in [0.29, 0.717) is 0 Å². The minimum absolute atomic E-state index is 0.0433. The highest BCUT2D eigenvalue weighted by molar-refractivity contribution is 7.70. The standard InChI is InChI=1S/C29H27OP/c1-29(2)25-13-9-8-12-24(25)28-26(29)19-18-23(20-10-6-5-7-11-20)27(28)21-14-16-22(17-15-21)31(3,4)30/h5-19H,1-4H3. The molecule has 0 atom stereocenters. The molecular weight excluding hydrogens is 395 g/mol. The molecule has 0 spiro atoms. The van der Waals surface area contributed by atoms with Gasteiger partial charge in [0, 0.05) is 10.7 Å². The van der Waals surface area contributed by atoms with Gasteiger partial charge in [0.2, 0.25) is 0 Å². The van der Waals surface area contributed by atoms with Gasteiger partial charge in [-0.3, -0.25) is 0 Å². The van der Waals surface area contributed by atoms with Gasteiger partial charge in [-0.05, 0) is 57.8 Å². The van der Waals surface area contributed by atoms with Gasteiger partial charge < -0.3 is 4.57 Å². The van der Waals surface area contributed by atoms with Gasteiger partial charge in [-0.2, -0.15) is 0 Å². The summed E-state index contributed by atoms with van der Waals surface area (Å²) in [5.41, 5.74) is 10.2. The highest BCUT2D eigenvalue weighted by Crippen LogP contribution is 2.54. The van der Waals surface area contributed by atoms with Crippen LogP contribution in [0.2, 0.25) is 0 Å². The molecule has 31 heavy (non-hydrogen) atoms. The van der Waals surface area contributed by atoms with Crippen LogP contribution in [0.3, 0.4) is 0 Å². The van der Waals surface area contributed by atoms with E-state index in [4.69, 9.17) is 0 Å². The monoisotopic (exact) mass is 422 g/mol. The Hall–Kier alpha value is -2.89. The van der Waals surface area contributed by atoms with Gasteiger partial charge in [-0.15, -0.1) is 0 Å². The first-order valence-corrected chi connectivity index (χ1v) is 13.4. The van der Waals surface area contributed by atoms with E-state index in [1.165, 1.54) is 44.5 Å². The molecule has 1 nitrogen and oxygen atoms in total. The van der Waals surface area contributed by atoms with Crippen LogP contribution in [0.15, 0.2) is 91.0 Å². The van der Waals surface area contributed by atoms with Gasteiger partial charge in [0.15, 0.2) is 0 Å². The molecule has 0 heterocycles. The van der Waals surface area contributed by atoms with Crippen LogP contribution in [-0.4, -0.2) is 13.3 Å². The third-order valence-corrected chi connectivity index (χ3v) is 8.15. The average Bonchev–Trinajstić information content (AvgIpc) is 3.01. The number of hydrogen-bond donors (Lipinski definition) is 0. The first-order chi connectivity index (χ1) is 14.8. The van der Waals surface area contributed by atoms with Crippen molar-refractivity contribution in [3.8, 4) is 33.4 Å². The summed E-state index contributed by atoms with van der Waals surface area (Å²) in [6.45, 7) is 8.29. The summed E-state index contributed by atoms with van der Waals surface area (Å²) < 4.78 is 12.6. The van der Waals surface area contributed by atoms with E-state index >= 15 is 0 Å². The fraction of sp³-hybridized carbons (Fsp3) is 0.172. The first kappa shape index (κ1) is 20.0. The third kappa shape index (κ3) is 3.20. The molecule has 0 bridgehead atoms. The Bertz CT molecular complexity index is 1330. The van der Waals surface area contributed by atoms with Crippen molar-refractivity contribution in [2.75, 3.05) is 13.3 Å². The Morgan fingerprint density at radius 2 is 1.23 bits per heavy atom. The summed E-state index contributed by atoms with van der Waals surface area (Å²) in [5, 5.41) is 0.922. The van der Waals surface area contributed by atoms with Gasteiger partial charge in [0.05, 0.1) is 0 Å². The minimum Gasteiger partial charge on any atom is -0.319 e. The van der Waals surface area contributed by atoms with Crippen LogP contribution in [0.5, 0.6) is 0 Å². The predicted octanol–water partition coefficient (Wildman–Crippen LogP) is 7.57. The topological polar surface area (TPSA) is 17.1 Å². The van der Waals surface area contributed by atoms with Crippen LogP contribution in [0.1, 0.15) is 25.0 Å². The smallest absolute Gasteiger partial charge is 0.109 e. The maximum absolute atomic E-state index is 12.6. The quantitative estimate of drug-likeness (QED) is 0.311. The summed E-state index contributed by atoms with van der Waals surface area (Å²) in [6.07, 6.45) is 0. The fourth-order valence-corrected chi connectivity index (χ4v) is 5.81. The largest absolute Gasteiger partial charge is 0.319 e. The van der Waals surface area contributed by atoms with E-state index in [1.54, 1.807) is 0 Å². The van der Waals surface area contributed by atoms with Crippen molar-refractivity contribution in [3.05, 3.63) is 102 Å². The molecule has 1 aliphatic rings. The van der Waals surface area contributed by atoms with E-state index < -0.39 is 7.14 Å². The highest BCUT2D eigenvalue weighted by Gasteiger charge is 2.37. The lowest BCUT2D eigenvalue weighted by Crippen LogP contribution is -2.14. The van der Waals surface area contributed by atoms with Gasteiger partial charge in [0.1, 0.15) is 7.14 Å². The molecule has 0 saturated heterocycles. The molecule has 154 valence electrons. The van der Waals surface area contributed by atoms with Crippen molar-refractivity contribution in [2.45, 2.75) is 19.3 Å². The summed E-state index contributed by atoms with van der Waals surface area (Å²) in [4.78, 5) is 0. The molecule has 2 heteroatoms. The van der Waals surface area contributed by atoms with Crippen molar-refractivity contribution < 1.29 is 4.57 Å². The summed E-state index contributed by atoms with van der Waals surface area (Å²) in [5.74, 6) is 0. The van der Waals surface area contributed by atoms with Crippen molar-refractivity contribution in [1.29, 1.82) is 0 Å². The second-order valence-electron chi connectivity index (χ2n) is 9.35. The predicted molar refractivity (Wildman–Crippen MR) is 134 cm³/mol. The van der Waals surface area contributed by atoms with E-state index in [2.05, 4.69) is 92.7 Å². The number of fused-ring (bicyclic) bond motifs is 3. The van der Waals surface area contributed by atoms with Crippen LogP contribution >= 0.6 is 7.14 Å². The summed E-state index contributed by atoms with van der Waals surface area (Å²) in [7, 11) is -2.29. The first-order valence-electron chi connectivity index (χ1n) is 10.8. The van der Waals surface area contributed by atoms with Crippen LogP contribution < -0.4 is 5.30 Å². The maximum atomic E-state index is 12.6. The Balaban J connectivity index is 1.85. The summed E-state index contributed by atoms with van der Waals surface area (Å²) >= 11 is 0. The Morgan fingerprint density at radius 1 is 0.581 bits per heavy atom. The molecule has 0 aromatic heterocycles. The Labute approximate surface area is 185 Å². The van der Waals surface area contributed by atoms with Crippen LogP contribution in [0, 0.1) is 0 Å². The molecular formula is C29H27OP. The van der Waals surface area contributed by atoms with E-state index in [0.717, 1.165) is 5.30 Å². The third-order valence-electron chi connectivity index (χ3n) is 6.61. The average molecular weight is 423 g/mol. The molecule has 1 aliphatic carbocycles. The maximum Gasteiger partial charge on any atom is 0.109 e. The molecule has 0 fully saturated rings. The molecule has 5 rings (SSSR count). The Kier molecular flexibility index (Phi) is 4.57. The lowest BCUT2D eigenvalue weighted by Gasteiger charge is -2.23. The second-order valence-corrected chi connectivity index (χ2v) is 12.6. The minimum atomic E-state index is -2.29. The van der Waals surface area contributed by atoms with E-state index in [-0.39, 0.29) is 5.41 Å². The van der Waals surface area contributed by atoms with E-state index in [1.807, 2.05) is 25.5 Å². The molecule has 4 aromatic rings. The lowest BCUT2D eigenvalue weighted by atomic mass is 9.80. The molecule has 4 aromatic carbocycles. The van der Waals surface area contributed by atoms with Crippen molar-refractivity contribution >= 4 is 12.4 Å². The van der Waals surface area contributed by atoms with Crippen LogP contribution in [0.25, 0.3) is 33.4 Å². The number of rotatable bonds is 3. The summed E-state index contributed by atoms with van der Waals surface area (Å²) in [6, 6.07) is 32.3. The van der Waals surface area contributed by atoms with Gasteiger partial charge in [-0.1, -0.05) is 105 Å². The molecule has 0 N–H and O–H groups in total. The van der Waals surface area contributed by atoms with Crippen LogP contribution in [0.4, 0.5) is 0 Å². The van der Waals surface area contributed by atoms with Gasteiger partial charge >= 0.3 is 0 Å². The highest BCUT2D eigenvalue weighted by atomic mass is 31.2. The molecule has 0 saturated carbocycles. The van der Waals surface area contributed by atoms with E-state index in [9.17, 15) is 4.57 Å². The van der Waals surface area contributed by atoms with Gasteiger partial charge in [-0.25, -0.2) is 0 Å². The SMILES string of the molecule is CC1(C)c2ccccc2-c2c1ccc(-c1ccccc1)c2-c1ccc(P(C)(C)=O)cc1. The Morgan fingerprint density at radius 3 is 1.90 bits per heavy atom. The van der Waals surface area contributed by atoms with Crippen molar-refractivity contribution in [3.63, 3.8) is 0 Å². The van der Waals surface area contributed by atoms with Crippen molar-refractivity contribution in [1.82, 2.24) is 0 Å². The van der Waals surface area contributed by atoms with Crippen molar-refractivity contribution in [2.24, 2.45) is 0 Å². The zero-order valence-corrected chi connectivity index (χ0v) is 19.4. The number of benzene rings is 4. The molecule has 0 unspecified atom stereocenters. The molecule has 0 amide bonds. The van der Waals surface area contributed by atoms with Crippen LogP contribution in [-0.2, 0) is 9.98 Å². The lowest BCUT2D eigenvalue weighted by molar-refractivity contribution is 0.588. The second kappa shape index (κ2) is 7.08. The van der Waals surface area contributed by atoms with Gasteiger partial charge in [0.25, 0.3) is 0 Å². The fourth-order valence-electron chi connectivity index (χ4n) is 4.94.